The highest BCUT2D eigenvalue weighted by Gasteiger charge is 2.40. The van der Waals surface area contributed by atoms with Crippen LogP contribution in [0.15, 0.2) is 175 Å². The number of pyridine rings is 1. The summed E-state index contributed by atoms with van der Waals surface area (Å²) in [6, 6.07) is 48.3. The van der Waals surface area contributed by atoms with E-state index in [4.69, 9.17) is 29.9 Å². The SMILES string of the molecule is C1=CC2c3ccncc3N(c3nc(-c4nc(-c5ccccc5)cc(-c5ccccc5)n4)cc(-c4nc(-c5ccccc5)cc(-c5ccccc5)n4)n3)C2C=N1. The fourth-order valence-electron chi connectivity index (χ4n) is 7.21. The van der Waals surface area contributed by atoms with Crippen molar-refractivity contribution in [1.82, 2.24) is 34.9 Å². The second kappa shape index (κ2) is 13.8. The number of anilines is 2. The minimum Gasteiger partial charge on any atom is -0.299 e. The first kappa shape index (κ1) is 32.2. The van der Waals surface area contributed by atoms with E-state index in [1.54, 1.807) is 0 Å². The summed E-state index contributed by atoms with van der Waals surface area (Å²) < 4.78 is 0. The van der Waals surface area contributed by atoms with Crippen LogP contribution < -0.4 is 4.90 Å². The van der Waals surface area contributed by atoms with Gasteiger partial charge in [0.05, 0.1) is 40.7 Å². The molecule has 55 heavy (non-hydrogen) atoms. The fourth-order valence-corrected chi connectivity index (χ4v) is 7.21. The minimum absolute atomic E-state index is 0.0517. The predicted octanol–water partition coefficient (Wildman–Crippen LogP) is 9.66. The van der Waals surface area contributed by atoms with Crippen LogP contribution in [-0.4, -0.2) is 47.1 Å². The Balaban J connectivity index is 1.23. The van der Waals surface area contributed by atoms with Gasteiger partial charge in [-0.05, 0) is 29.8 Å². The Morgan fingerprint density at radius 3 is 1.35 bits per heavy atom. The lowest BCUT2D eigenvalue weighted by Crippen LogP contribution is -2.33. The third-order valence-corrected chi connectivity index (χ3v) is 9.85. The van der Waals surface area contributed by atoms with Gasteiger partial charge in [0.25, 0.3) is 0 Å². The number of hydrogen-bond donors (Lipinski definition) is 0. The molecule has 9 nitrogen and oxygen atoms in total. The topological polar surface area (TPSA) is 106 Å². The molecular formula is C46H31N9. The highest BCUT2D eigenvalue weighted by molar-refractivity contribution is 5.85. The van der Waals surface area contributed by atoms with E-state index in [1.165, 1.54) is 0 Å². The first-order valence-corrected chi connectivity index (χ1v) is 18.1. The first-order valence-electron chi connectivity index (χ1n) is 18.1. The lowest BCUT2D eigenvalue weighted by molar-refractivity contribution is 0.770. The Hall–Kier alpha value is -7.52. The maximum atomic E-state index is 5.25. The van der Waals surface area contributed by atoms with E-state index in [1.807, 2.05) is 116 Å². The molecule has 0 amide bonds. The molecule has 2 aliphatic rings. The van der Waals surface area contributed by atoms with Crippen LogP contribution in [-0.2, 0) is 0 Å². The Morgan fingerprint density at radius 2 is 0.891 bits per heavy atom. The third kappa shape index (κ3) is 6.13. The molecule has 0 spiro atoms. The van der Waals surface area contributed by atoms with E-state index < -0.39 is 0 Å². The number of hydrogen-bond acceptors (Lipinski definition) is 9. The van der Waals surface area contributed by atoms with Gasteiger partial charge in [-0.25, -0.2) is 29.9 Å². The molecule has 4 aromatic heterocycles. The molecule has 2 unspecified atom stereocenters. The van der Waals surface area contributed by atoms with Crippen molar-refractivity contribution < 1.29 is 0 Å². The van der Waals surface area contributed by atoms with Gasteiger partial charge >= 0.3 is 0 Å². The zero-order valence-electron chi connectivity index (χ0n) is 29.4. The van der Waals surface area contributed by atoms with Gasteiger partial charge in [0.15, 0.2) is 11.6 Å². The van der Waals surface area contributed by atoms with Crippen LogP contribution in [0.3, 0.4) is 0 Å². The second-order valence-electron chi connectivity index (χ2n) is 13.3. The molecule has 6 heterocycles. The van der Waals surface area contributed by atoms with Gasteiger partial charge in [0.1, 0.15) is 11.4 Å². The van der Waals surface area contributed by atoms with Gasteiger partial charge in [0, 0.05) is 46.8 Å². The predicted molar refractivity (Wildman–Crippen MR) is 216 cm³/mol. The maximum Gasteiger partial charge on any atom is 0.231 e. The number of aromatic nitrogens is 7. The molecule has 2 aliphatic heterocycles. The number of rotatable bonds is 7. The van der Waals surface area contributed by atoms with Crippen LogP contribution in [0.5, 0.6) is 0 Å². The summed E-state index contributed by atoms with van der Waals surface area (Å²) in [4.78, 5) is 42.3. The van der Waals surface area contributed by atoms with E-state index in [9.17, 15) is 0 Å². The summed E-state index contributed by atoms with van der Waals surface area (Å²) in [5, 5.41) is 0. The molecule has 0 radical (unpaired) electrons. The van der Waals surface area contributed by atoms with Gasteiger partial charge in [-0.1, -0.05) is 127 Å². The van der Waals surface area contributed by atoms with E-state index >= 15 is 0 Å². The highest BCUT2D eigenvalue weighted by atomic mass is 15.3. The first-order chi connectivity index (χ1) is 27.2. The molecule has 0 saturated heterocycles. The molecule has 0 saturated carbocycles. The maximum absolute atomic E-state index is 5.25. The van der Waals surface area contributed by atoms with E-state index in [2.05, 4.69) is 75.5 Å². The lowest BCUT2D eigenvalue weighted by Gasteiger charge is -2.26. The molecule has 0 fully saturated rings. The quantitative estimate of drug-likeness (QED) is 0.161. The molecule has 0 aliphatic carbocycles. The van der Waals surface area contributed by atoms with E-state index in [-0.39, 0.29) is 12.0 Å². The molecule has 4 aromatic carbocycles. The molecular weight excluding hydrogens is 679 g/mol. The van der Waals surface area contributed by atoms with Gasteiger partial charge in [-0.3, -0.25) is 14.9 Å². The molecule has 0 bridgehead atoms. The summed E-state index contributed by atoms with van der Waals surface area (Å²) in [7, 11) is 0. The summed E-state index contributed by atoms with van der Waals surface area (Å²) in [6.07, 6.45) is 9.60. The van der Waals surface area contributed by atoms with Crippen LogP contribution in [0.2, 0.25) is 0 Å². The standard InChI is InChI=1S/C46H31N9/c1-5-13-30(14-6-1)36-25-37(31-15-7-2-8-16-31)50-44(49-36)40-27-41(54-46(53-40)55-42-28-47-23-21-34(42)35-22-24-48-29-43(35)55)45-51-38(32-17-9-3-10-18-32)26-39(52-45)33-19-11-4-12-20-33/h1-29,34,42H. The number of benzene rings is 4. The largest absolute Gasteiger partial charge is 0.299 e. The van der Waals surface area contributed by atoms with Crippen molar-refractivity contribution in [3.63, 3.8) is 0 Å². The molecule has 0 N–H and O–H groups in total. The van der Waals surface area contributed by atoms with Gasteiger partial charge < -0.3 is 0 Å². The molecule has 8 aromatic rings. The highest BCUT2D eigenvalue weighted by Crippen LogP contribution is 2.45. The van der Waals surface area contributed by atoms with E-state index in [0.717, 1.165) is 56.3 Å². The monoisotopic (exact) mass is 709 g/mol. The smallest absolute Gasteiger partial charge is 0.231 e. The normalized spacial score (nSPS) is 15.5. The van der Waals surface area contributed by atoms with Gasteiger partial charge in [-0.2, -0.15) is 0 Å². The third-order valence-electron chi connectivity index (χ3n) is 9.85. The van der Waals surface area contributed by atoms with E-state index in [0.29, 0.717) is 29.0 Å². The van der Waals surface area contributed by atoms with Crippen LogP contribution >= 0.6 is 0 Å². The number of fused-ring (bicyclic) bond motifs is 3. The van der Waals surface area contributed by atoms with Crippen molar-refractivity contribution in [2.75, 3.05) is 4.90 Å². The average Bonchev–Trinajstić information content (AvgIpc) is 3.61. The number of aliphatic imine (C=N–C) groups is 1. The van der Waals surface area contributed by atoms with Gasteiger partial charge in [-0.15, -0.1) is 0 Å². The average molecular weight is 710 g/mol. The van der Waals surface area contributed by atoms with Crippen molar-refractivity contribution in [2.24, 2.45) is 4.99 Å². The zero-order chi connectivity index (χ0) is 36.6. The fraction of sp³-hybridized carbons (Fsp3) is 0.0435. The second-order valence-corrected chi connectivity index (χ2v) is 13.3. The van der Waals surface area contributed by atoms with Crippen molar-refractivity contribution in [1.29, 1.82) is 0 Å². The summed E-state index contributed by atoms with van der Waals surface area (Å²) in [5.41, 5.74) is 10.1. The zero-order valence-corrected chi connectivity index (χ0v) is 29.4. The van der Waals surface area contributed by atoms with Crippen molar-refractivity contribution in [3.05, 3.63) is 176 Å². The summed E-state index contributed by atoms with van der Waals surface area (Å²) >= 11 is 0. The summed E-state index contributed by atoms with van der Waals surface area (Å²) in [5.74, 6) is 1.40. The van der Waals surface area contributed by atoms with Gasteiger partial charge in [0.2, 0.25) is 5.95 Å². The van der Waals surface area contributed by atoms with Crippen LogP contribution in [0.25, 0.3) is 68.1 Å². The van der Waals surface area contributed by atoms with Crippen molar-refractivity contribution in [3.8, 4) is 68.1 Å². The molecule has 260 valence electrons. The number of nitrogens with zero attached hydrogens (tertiary/aromatic N) is 9. The Kier molecular flexibility index (Phi) is 8.07. The van der Waals surface area contributed by atoms with Crippen LogP contribution in [0.1, 0.15) is 11.5 Å². The summed E-state index contributed by atoms with van der Waals surface area (Å²) in [6.45, 7) is 0. The molecule has 9 heteroatoms. The van der Waals surface area contributed by atoms with Crippen molar-refractivity contribution >= 4 is 17.9 Å². The lowest BCUT2D eigenvalue weighted by atomic mass is 9.95. The Morgan fingerprint density at radius 1 is 0.455 bits per heavy atom. The van der Waals surface area contributed by atoms with Crippen LogP contribution in [0, 0.1) is 0 Å². The Labute approximate surface area is 317 Å². The Bertz CT molecular complexity index is 2460. The molecule has 10 rings (SSSR count). The van der Waals surface area contributed by atoms with Crippen LogP contribution in [0.4, 0.5) is 11.6 Å². The van der Waals surface area contributed by atoms with Crippen molar-refractivity contribution in [2.45, 2.75) is 12.0 Å². The minimum atomic E-state index is -0.166. The molecule has 2 atom stereocenters.